The number of ether oxygens (including phenoxy) is 1. The van der Waals surface area contributed by atoms with Crippen molar-refractivity contribution in [3.63, 3.8) is 0 Å². The highest BCUT2D eigenvalue weighted by atomic mass is 32.2. The molecule has 38 heavy (non-hydrogen) atoms. The van der Waals surface area contributed by atoms with E-state index in [9.17, 15) is 18.3 Å². The van der Waals surface area contributed by atoms with Crippen LogP contribution in [0, 0.1) is 18.7 Å². The Labute approximate surface area is 226 Å². The first kappa shape index (κ1) is 28.3. The van der Waals surface area contributed by atoms with Crippen molar-refractivity contribution in [2.24, 2.45) is 5.92 Å². The highest BCUT2D eigenvalue weighted by Crippen LogP contribution is 2.37. The number of nitrogens with one attached hydrogen (secondary N) is 1. The number of halogens is 1. The molecule has 1 amide bonds. The normalized spacial score (nSPS) is 15.5. The van der Waals surface area contributed by atoms with Crippen LogP contribution in [0.15, 0.2) is 40.9 Å². The van der Waals surface area contributed by atoms with Crippen LogP contribution in [-0.4, -0.2) is 41.4 Å². The molecule has 1 aromatic carbocycles. The summed E-state index contributed by atoms with van der Waals surface area (Å²) in [5, 5.41) is 10.6. The number of imidazole rings is 1. The lowest BCUT2D eigenvalue weighted by Gasteiger charge is -2.31. The van der Waals surface area contributed by atoms with Crippen molar-refractivity contribution in [3.8, 4) is 11.1 Å². The van der Waals surface area contributed by atoms with Crippen molar-refractivity contribution in [3.05, 3.63) is 58.7 Å². The number of benzene rings is 1. The second-order valence-corrected chi connectivity index (χ2v) is 13.4. The van der Waals surface area contributed by atoms with E-state index in [0.717, 1.165) is 41.3 Å². The van der Waals surface area contributed by atoms with Gasteiger partial charge in [-0.1, -0.05) is 45.2 Å². The molecule has 0 radical (unpaired) electrons. The Morgan fingerprint density at radius 2 is 2.00 bits per heavy atom. The van der Waals surface area contributed by atoms with Crippen LogP contribution in [-0.2, 0) is 27.7 Å². The van der Waals surface area contributed by atoms with Crippen molar-refractivity contribution in [1.82, 2.24) is 14.3 Å². The van der Waals surface area contributed by atoms with Crippen LogP contribution in [0.1, 0.15) is 62.2 Å². The van der Waals surface area contributed by atoms with E-state index in [4.69, 9.17) is 4.74 Å². The molecule has 11 heteroatoms. The Morgan fingerprint density at radius 1 is 1.26 bits per heavy atom. The molecule has 2 N–H and O–H groups in total. The number of aryl methyl sites for hydroxylation is 1. The average Bonchev–Trinajstić information content (AvgIpc) is 3.45. The quantitative estimate of drug-likeness (QED) is 0.360. The summed E-state index contributed by atoms with van der Waals surface area (Å²) in [5.41, 5.74) is 0.0253. The number of sulfonamides is 1. The number of carbonyl (C=O) groups is 1. The minimum atomic E-state index is -4.32. The lowest BCUT2D eigenvalue weighted by Crippen LogP contribution is -2.40. The zero-order valence-corrected chi connectivity index (χ0v) is 23.5. The first-order chi connectivity index (χ1) is 18.0. The molecule has 1 fully saturated rings. The van der Waals surface area contributed by atoms with Crippen LogP contribution >= 0.6 is 11.3 Å². The minimum Gasteiger partial charge on any atom is -0.446 e. The van der Waals surface area contributed by atoms with Crippen LogP contribution in [0.3, 0.4) is 0 Å². The Bertz CT molecular complexity index is 1390. The first-order valence-electron chi connectivity index (χ1n) is 12.8. The van der Waals surface area contributed by atoms with E-state index >= 15 is 4.39 Å². The fraction of sp³-hybridized carbons (Fsp3) is 0.481. The van der Waals surface area contributed by atoms with Gasteiger partial charge < -0.3 is 14.4 Å². The lowest BCUT2D eigenvalue weighted by atomic mass is 9.86. The molecule has 8 nitrogen and oxygen atoms in total. The van der Waals surface area contributed by atoms with Crippen LogP contribution in [0.2, 0.25) is 0 Å². The van der Waals surface area contributed by atoms with Crippen molar-refractivity contribution >= 4 is 27.5 Å². The van der Waals surface area contributed by atoms with Gasteiger partial charge in [0.2, 0.25) is 0 Å². The maximum absolute atomic E-state index is 15.1. The Morgan fingerprint density at radius 3 is 2.63 bits per heavy atom. The van der Waals surface area contributed by atoms with E-state index < -0.39 is 27.5 Å². The van der Waals surface area contributed by atoms with Gasteiger partial charge in [-0.3, -0.25) is 0 Å². The number of hydrogen-bond donors (Lipinski definition) is 2. The van der Waals surface area contributed by atoms with Crippen LogP contribution < -0.4 is 4.72 Å². The summed E-state index contributed by atoms with van der Waals surface area (Å²) < 4.78 is 50.6. The van der Waals surface area contributed by atoms with Gasteiger partial charge in [0.15, 0.2) is 0 Å². The van der Waals surface area contributed by atoms with Gasteiger partial charge in [-0.15, -0.1) is 11.3 Å². The monoisotopic (exact) mass is 563 g/mol. The maximum Gasteiger partial charge on any atom is 0.421 e. The van der Waals surface area contributed by atoms with Gasteiger partial charge >= 0.3 is 6.09 Å². The molecule has 0 spiro atoms. The van der Waals surface area contributed by atoms with Crippen LogP contribution in [0.5, 0.6) is 0 Å². The minimum absolute atomic E-state index is 0.0842. The van der Waals surface area contributed by atoms with Crippen LogP contribution in [0.4, 0.5) is 9.18 Å². The number of aromatic nitrogens is 2. The number of aliphatic hydroxyl groups is 1. The zero-order valence-electron chi connectivity index (χ0n) is 21.9. The zero-order chi connectivity index (χ0) is 27.5. The predicted molar refractivity (Wildman–Crippen MR) is 144 cm³/mol. The van der Waals surface area contributed by atoms with E-state index in [-0.39, 0.29) is 16.7 Å². The summed E-state index contributed by atoms with van der Waals surface area (Å²) in [6.45, 7) is 5.90. The maximum atomic E-state index is 15.1. The third kappa shape index (κ3) is 6.81. The topological polar surface area (TPSA) is 111 Å². The molecule has 0 saturated heterocycles. The lowest BCUT2D eigenvalue weighted by molar-refractivity contribution is -0.0461. The highest BCUT2D eigenvalue weighted by molar-refractivity contribution is 7.92. The number of hydrogen-bond acceptors (Lipinski definition) is 7. The molecule has 1 aliphatic carbocycles. The van der Waals surface area contributed by atoms with Crippen molar-refractivity contribution in [1.29, 1.82) is 0 Å². The summed E-state index contributed by atoms with van der Waals surface area (Å²) >= 11 is 1.05. The van der Waals surface area contributed by atoms with Gasteiger partial charge in [-0.2, -0.15) is 0 Å². The predicted octanol–water partition coefficient (Wildman–Crippen LogP) is 5.42. The first-order valence-corrected chi connectivity index (χ1v) is 15.1. The van der Waals surface area contributed by atoms with Crippen molar-refractivity contribution in [2.45, 2.75) is 75.7 Å². The molecule has 1 aliphatic rings. The summed E-state index contributed by atoms with van der Waals surface area (Å²) in [6, 6.07) is 6.37. The molecule has 1 saturated carbocycles. The molecular formula is C27H34FN3O5S2. The summed E-state index contributed by atoms with van der Waals surface area (Å²) in [7, 11) is -4.32. The summed E-state index contributed by atoms with van der Waals surface area (Å²) in [5.74, 6) is 0.555. The number of thiophene rings is 1. The van der Waals surface area contributed by atoms with E-state index in [2.05, 4.69) is 4.98 Å². The molecule has 0 atom stereocenters. The molecule has 2 aromatic heterocycles. The second-order valence-electron chi connectivity index (χ2n) is 10.4. The third-order valence-electron chi connectivity index (χ3n) is 6.70. The van der Waals surface area contributed by atoms with E-state index in [1.165, 1.54) is 6.07 Å². The van der Waals surface area contributed by atoms with E-state index in [1.807, 2.05) is 30.1 Å². The average molecular weight is 564 g/mol. The molecule has 2 heterocycles. The van der Waals surface area contributed by atoms with Gasteiger partial charge in [0.1, 0.15) is 22.5 Å². The van der Waals surface area contributed by atoms with Crippen molar-refractivity contribution < 1.29 is 27.4 Å². The SMILES string of the molecule is Cc1nccn1Cc1ccc(-c2cc(CC(C)C)sc2S(=O)(=O)NC(=O)OCC2(O)CCCCC2)cc1F. The Balaban J connectivity index is 1.58. The summed E-state index contributed by atoms with van der Waals surface area (Å²) in [6.07, 6.45) is 6.56. The second kappa shape index (κ2) is 11.5. The molecule has 0 aliphatic heterocycles. The Kier molecular flexibility index (Phi) is 8.59. The fourth-order valence-electron chi connectivity index (χ4n) is 4.66. The van der Waals surface area contributed by atoms with Gasteiger partial charge in [-0.25, -0.2) is 27.3 Å². The molecule has 0 unspecified atom stereocenters. The van der Waals surface area contributed by atoms with Gasteiger partial charge in [0, 0.05) is 28.4 Å². The molecule has 4 rings (SSSR count). The van der Waals surface area contributed by atoms with E-state index in [0.29, 0.717) is 42.5 Å². The number of nitrogens with zero attached hydrogens (tertiary/aromatic N) is 2. The Hall–Kier alpha value is -2.76. The number of carbonyl (C=O) groups excluding carboxylic acids is 1. The standard InChI is InChI=1S/C27H34FN3O5S2/c1-18(2)13-22-15-23(20-7-8-21(24(28)14-20)16-31-12-11-29-19(31)3)25(37-22)38(34,35)30-26(32)36-17-27(33)9-5-4-6-10-27/h7-8,11-12,14-15,18,33H,4-6,9-10,13,16-17H2,1-3H3,(H,30,32). The van der Waals surface area contributed by atoms with Gasteiger partial charge in [-0.05, 0) is 49.8 Å². The third-order valence-corrected chi connectivity index (χ3v) is 9.71. The molecule has 0 bridgehead atoms. The number of amides is 1. The van der Waals surface area contributed by atoms with Crippen molar-refractivity contribution in [2.75, 3.05) is 6.61 Å². The smallest absolute Gasteiger partial charge is 0.421 e. The van der Waals surface area contributed by atoms with Crippen LogP contribution in [0.25, 0.3) is 11.1 Å². The highest BCUT2D eigenvalue weighted by Gasteiger charge is 2.32. The molecular weight excluding hydrogens is 529 g/mol. The fourth-order valence-corrected chi connectivity index (χ4v) is 7.50. The van der Waals surface area contributed by atoms with E-state index in [1.54, 1.807) is 30.6 Å². The molecule has 3 aromatic rings. The largest absolute Gasteiger partial charge is 0.446 e. The van der Waals surface area contributed by atoms with Gasteiger partial charge in [0.05, 0.1) is 12.1 Å². The van der Waals surface area contributed by atoms with Gasteiger partial charge in [0.25, 0.3) is 10.0 Å². The molecule has 206 valence electrons. The summed E-state index contributed by atoms with van der Waals surface area (Å²) in [4.78, 5) is 17.4. The number of rotatable bonds is 9.